The highest BCUT2D eigenvalue weighted by Crippen LogP contribution is 2.30. The maximum Gasteiger partial charge on any atom is 0.240 e. The molecule has 1 aromatic rings. The molecule has 100 valence electrons. The van der Waals surface area contributed by atoms with Crippen LogP contribution in [0.15, 0.2) is 23.1 Å². The summed E-state index contributed by atoms with van der Waals surface area (Å²) in [6.07, 6.45) is 1.49. The van der Waals surface area contributed by atoms with Gasteiger partial charge in [-0.3, -0.25) is 0 Å². The first-order valence-electron chi connectivity index (χ1n) is 6.02. The molecule has 3 N–H and O–H groups in total. The van der Waals surface area contributed by atoms with E-state index in [0.717, 1.165) is 17.7 Å². The van der Waals surface area contributed by atoms with Gasteiger partial charge in [-0.15, -0.1) is 0 Å². The van der Waals surface area contributed by atoms with Gasteiger partial charge < -0.3 is 10.5 Å². The fraction of sp³-hybridized carbons (Fsp3) is 0.500. The van der Waals surface area contributed by atoms with Gasteiger partial charge in [0.15, 0.2) is 0 Å². The molecule has 0 unspecified atom stereocenters. The van der Waals surface area contributed by atoms with Crippen LogP contribution >= 0.6 is 0 Å². The summed E-state index contributed by atoms with van der Waals surface area (Å²) in [6.45, 7) is 2.80. The maximum atomic E-state index is 12.0. The molecule has 0 fully saturated rings. The van der Waals surface area contributed by atoms with Crippen molar-refractivity contribution in [2.45, 2.75) is 30.8 Å². The van der Waals surface area contributed by atoms with Gasteiger partial charge >= 0.3 is 0 Å². The Kier molecular flexibility index (Phi) is 3.89. The molecule has 1 aromatic carbocycles. The lowest BCUT2D eigenvalue weighted by Gasteiger charge is -2.07. The zero-order valence-electron chi connectivity index (χ0n) is 10.3. The highest BCUT2D eigenvalue weighted by atomic mass is 32.2. The summed E-state index contributed by atoms with van der Waals surface area (Å²) >= 11 is 0. The second kappa shape index (κ2) is 5.26. The fourth-order valence-corrected chi connectivity index (χ4v) is 3.08. The Balaban J connectivity index is 2.17. The minimum atomic E-state index is -3.43. The minimum Gasteiger partial charge on any atom is -0.490 e. The van der Waals surface area contributed by atoms with Crippen molar-refractivity contribution >= 4 is 10.0 Å². The standard InChI is InChI=1S/C12H18N2O3S/c1-9-7-10-8-11(3-4-12(10)17-9)18(15,16)14-6-2-5-13/h3-4,8-9,14H,2,5-7,13H2,1H3/t9-/m1/s1. The molecular weight excluding hydrogens is 252 g/mol. The van der Waals surface area contributed by atoms with Crippen molar-refractivity contribution in [3.05, 3.63) is 23.8 Å². The van der Waals surface area contributed by atoms with E-state index >= 15 is 0 Å². The highest BCUT2D eigenvalue weighted by Gasteiger charge is 2.22. The molecule has 0 aromatic heterocycles. The summed E-state index contributed by atoms with van der Waals surface area (Å²) in [5.74, 6) is 0.781. The third-order valence-electron chi connectivity index (χ3n) is 2.85. The van der Waals surface area contributed by atoms with E-state index in [-0.39, 0.29) is 11.0 Å². The van der Waals surface area contributed by atoms with E-state index < -0.39 is 10.0 Å². The molecule has 0 saturated carbocycles. The normalized spacial score (nSPS) is 18.4. The first kappa shape index (κ1) is 13.3. The highest BCUT2D eigenvalue weighted by molar-refractivity contribution is 7.89. The van der Waals surface area contributed by atoms with E-state index in [9.17, 15) is 8.42 Å². The van der Waals surface area contributed by atoms with Gasteiger partial charge in [-0.25, -0.2) is 13.1 Å². The van der Waals surface area contributed by atoms with Gasteiger partial charge in [-0.05, 0) is 43.7 Å². The molecule has 0 amide bonds. The molecule has 1 aliphatic rings. The van der Waals surface area contributed by atoms with Crippen LogP contribution in [0.25, 0.3) is 0 Å². The first-order chi connectivity index (χ1) is 8.53. The number of sulfonamides is 1. The van der Waals surface area contributed by atoms with E-state index in [0.29, 0.717) is 19.5 Å². The van der Waals surface area contributed by atoms with Gasteiger partial charge in [0.1, 0.15) is 11.9 Å². The fourth-order valence-electron chi connectivity index (χ4n) is 1.96. The summed E-state index contributed by atoms with van der Waals surface area (Å²) in [5.41, 5.74) is 6.28. The summed E-state index contributed by atoms with van der Waals surface area (Å²) in [6, 6.07) is 4.97. The van der Waals surface area contributed by atoms with E-state index in [4.69, 9.17) is 10.5 Å². The Morgan fingerprint density at radius 1 is 1.50 bits per heavy atom. The van der Waals surface area contributed by atoms with Crippen LogP contribution in [0.3, 0.4) is 0 Å². The Morgan fingerprint density at radius 3 is 3.00 bits per heavy atom. The van der Waals surface area contributed by atoms with Crippen molar-refractivity contribution in [2.75, 3.05) is 13.1 Å². The molecule has 0 radical (unpaired) electrons. The van der Waals surface area contributed by atoms with Crippen molar-refractivity contribution in [2.24, 2.45) is 5.73 Å². The van der Waals surface area contributed by atoms with Gasteiger partial charge in [-0.2, -0.15) is 0 Å². The van der Waals surface area contributed by atoms with Crippen LogP contribution in [0.2, 0.25) is 0 Å². The largest absolute Gasteiger partial charge is 0.490 e. The summed E-state index contributed by atoms with van der Waals surface area (Å²) in [4.78, 5) is 0.288. The summed E-state index contributed by atoms with van der Waals surface area (Å²) in [5, 5.41) is 0. The number of hydrogen-bond acceptors (Lipinski definition) is 4. The van der Waals surface area contributed by atoms with Crippen LogP contribution in [0.1, 0.15) is 18.9 Å². The Bertz CT molecular complexity index is 528. The molecule has 6 heteroatoms. The van der Waals surface area contributed by atoms with E-state index in [1.54, 1.807) is 18.2 Å². The van der Waals surface area contributed by atoms with Crippen LogP contribution in [0.4, 0.5) is 0 Å². The predicted octanol–water partition coefficient (Wildman–Crippen LogP) is 0.637. The van der Waals surface area contributed by atoms with Gasteiger partial charge in [0.05, 0.1) is 4.90 Å². The Morgan fingerprint density at radius 2 is 2.28 bits per heavy atom. The van der Waals surface area contributed by atoms with Crippen LogP contribution in [-0.2, 0) is 16.4 Å². The van der Waals surface area contributed by atoms with Gasteiger partial charge in [0.25, 0.3) is 0 Å². The van der Waals surface area contributed by atoms with Gasteiger partial charge in [-0.1, -0.05) is 0 Å². The number of ether oxygens (including phenoxy) is 1. The van der Waals surface area contributed by atoms with Crippen LogP contribution in [-0.4, -0.2) is 27.6 Å². The topological polar surface area (TPSA) is 81.4 Å². The lowest BCUT2D eigenvalue weighted by atomic mass is 10.1. The number of rotatable bonds is 5. The third-order valence-corrected chi connectivity index (χ3v) is 4.31. The summed E-state index contributed by atoms with van der Waals surface area (Å²) < 4.78 is 32.1. The van der Waals surface area contributed by atoms with E-state index in [1.165, 1.54) is 0 Å². The molecule has 5 nitrogen and oxygen atoms in total. The van der Waals surface area contributed by atoms with Crippen LogP contribution in [0.5, 0.6) is 5.75 Å². The molecule has 0 aliphatic carbocycles. The molecular formula is C12H18N2O3S. The predicted molar refractivity (Wildman–Crippen MR) is 69.1 cm³/mol. The van der Waals surface area contributed by atoms with E-state index in [2.05, 4.69) is 4.72 Å². The summed E-state index contributed by atoms with van der Waals surface area (Å²) in [7, 11) is -3.43. The molecule has 1 heterocycles. The van der Waals surface area contributed by atoms with Crippen molar-refractivity contribution in [3.63, 3.8) is 0 Å². The third kappa shape index (κ3) is 2.82. The van der Waals surface area contributed by atoms with Gasteiger partial charge in [0.2, 0.25) is 10.0 Å². The molecule has 1 atom stereocenters. The lowest BCUT2D eigenvalue weighted by molar-refractivity contribution is 0.254. The molecule has 0 spiro atoms. The monoisotopic (exact) mass is 270 g/mol. The number of nitrogens with two attached hydrogens (primary N) is 1. The Labute approximate surface area is 107 Å². The number of hydrogen-bond donors (Lipinski definition) is 2. The van der Waals surface area contributed by atoms with Crippen molar-refractivity contribution < 1.29 is 13.2 Å². The molecule has 1 aliphatic heterocycles. The van der Waals surface area contributed by atoms with Crippen molar-refractivity contribution in [1.29, 1.82) is 0 Å². The maximum absolute atomic E-state index is 12.0. The molecule has 18 heavy (non-hydrogen) atoms. The molecule has 2 rings (SSSR count). The van der Waals surface area contributed by atoms with E-state index in [1.807, 2.05) is 6.92 Å². The smallest absolute Gasteiger partial charge is 0.240 e. The Hall–Kier alpha value is -1.11. The van der Waals surface area contributed by atoms with Gasteiger partial charge in [0, 0.05) is 13.0 Å². The zero-order chi connectivity index (χ0) is 13.2. The first-order valence-corrected chi connectivity index (χ1v) is 7.50. The SMILES string of the molecule is C[C@@H]1Cc2cc(S(=O)(=O)NCCCN)ccc2O1. The second-order valence-corrected chi connectivity index (χ2v) is 6.21. The van der Waals surface area contributed by atoms with Crippen LogP contribution < -0.4 is 15.2 Å². The lowest BCUT2D eigenvalue weighted by Crippen LogP contribution is -2.26. The average molecular weight is 270 g/mol. The van der Waals surface area contributed by atoms with Crippen LogP contribution in [0, 0.1) is 0 Å². The zero-order valence-corrected chi connectivity index (χ0v) is 11.2. The molecule has 0 bridgehead atoms. The second-order valence-electron chi connectivity index (χ2n) is 4.44. The number of benzene rings is 1. The molecule has 0 saturated heterocycles. The number of fused-ring (bicyclic) bond motifs is 1. The average Bonchev–Trinajstić information content (AvgIpc) is 2.68. The van der Waals surface area contributed by atoms with Crippen molar-refractivity contribution in [3.8, 4) is 5.75 Å². The minimum absolute atomic E-state index is 0.114. The number of nitrogens with one attached hydrogen (secondary N) is 1. The van der Waals surface area contributed by atoms with Crippen molar-refractivity contribution in [1.82, 2.24) is 4.72 Å². The quantitative estimate of drug-likeness (QED) is 0.769.